The second-order valence-electron chi connectivity index (χ2n) is 13.8. The van der Waals surface area contributed by atoms with Crippen LogP contribution in [0.4, 0.5) is 0 Å². The molecule has 1 aliphatic heterocycles. The SMILES string of the molecule is CC1CC(=O)N(CC2CCC(C(=O)NCc3cn(CCOCCOCCOCCOCCOCCOCCOCCOCCNC(=O)COCC=O)nn3)CC2)C1=O. The smallest absolute Gasteiger partial charge is 0.246 e. The number of amides is 4. The summed E-state index contributed by atoms with van der Waals surface area (Å²) >= 11 is 0. The summed E-state index contributed by atoms with van der Waals surface area (Å²) in [5.74, 6) is -0.502. The summed E-state index contributed by atoms with van der Waals surface area (Å²) in [4.78, 5) is 60.0. The Morgan fingerprint density at radius 2 is 1.24 bits per heavy atom. The first-order valence-corrected chi connectivity index (χ1v) is 20.3. The first-order chi connectivity index (χ1) is 28.4. The molecule has 1 unspecified atom stereocenters. The van der Waals surface area contributed by atoms with E-state index in [1.165, 1.54) is 4.90 Å². The number of aromatic nitrogens is 3. The van der Waals surface area contributed by atoms with E-state index in [-0.39, 0.29) is 54.6 Å². The van der Waals surface area contributed by atoms with Gasteiger partial charge in [0.25, 0.3) is 0 Å². The Kier molecular flexibility index (Phi) is 26.5. The van der Waals surface area contributed by atoms with E-state index >= 15 is 0 Å². The van der Waals surface area contributed by atoms with Gasteiger partial charge in [0.15, 0.2) is 0 Å². The highest BCUT2D eigenvalue weighted by molar-refractivity contribution is 6.03. The molecule has 330 valence electrons. The summed E-state index contributed by atoms with van der Waals surface area (Å²) in [7, 11) is 0. The zero-order valence-corrected chi connectivity index (χ0v) is 34.0. The summed E-state index contributed by atoms with van der Waals surface area (Å²) in [5, 5.41) is 13.8. The van der Waals surface area contributed by atoms with Gasteiger partial charge in [0.2, 0.25) is 23.6 Å². The molecule has 2 N–H and O–H groups in total. The van der Waals surface area contributed by atoms with Crippen molar-refractivity contribution < 1.29 is 66.6 Å². The molecule has 20 heteroatoms. The Morgan fingerprint density at radius 3 is 1.74 bits per heavy atom. The molecule has 1 saturated carbocycles. The van der Waals surface area contributed by atoms with Crippen LogP contribution in [0.15, 0.2) is 6.20 Å². The molecule has 20 nitrogen and oxygen atoms in total. The molecule has 1 aliphatic carbocycles. The van der Waals surface area contributed by atoms with E-state index in [1.807, 2.05) is 0 Å². The van der Waals surface area contributed by atoms with Crippen molar-refractivity contribution in [1.82, 2.24) is 30.5 Å². The van der Waals surface area contributed by atoms with Gasteiger partial charge >= 0.3 is 0 Å². The van der Waals surface area contributed by atoms with E-state index in [2.05, 4.69) is 20.9 Å². The molecule has 2 fully saturated rings. The van der Waals surface area contributed by atoms with E-state index in [4.69, 9.17) is 42.6 Å². The summed E-state index contributed by atoms with van der Waals surface area (Å²) in [6, 6.07) is 0. The largest absolute Gasteiger partial charge is 0.377 e. The normalized spacial score (nSPS) is 18.2. The van der Waals surface area contributed by atoms with Crippen LogP contribution in [-0.4, -0.2) is 182 Å². The van der Waals surface area contributed by atoms with Crippen LogP contribution in [0.2, 0.25) is 0 Å². The monoisotopic (exact) mass is 828 g/mol. The minimum atomic E-state index is -0.298. The maximum absolute atomic E-state index is 12.7. The Balaban J connectivity index is 0.993. The van der Waals surface area contributed by atoms with Crippen LogP contribution in [0, 0.1) is 17.8 Å². The predicted molar refractivity (Wildman–Crippen MR) is 204 cm³/mol. The van der Waals surface area contributed by atoms with Crippen LogP contribution < -0.4 is 10.6 Å². The number of imide groups is 1. The summed E-state index contributed by atoms with van der Waals surface area (Å²) < 4.78 is 50.3. The van der Waals surface area contributed by atoms with Crippen molar-refractivity contribution in [3.63, 3.8) is 0 Å². The minimum absolute atomic E-state index is 0.00209. The van der Waals surface area contributed by atoms with Crippen molar-refractivity contribution in [2.45, 2.75) is 52.1 Å². The quantitative estimate of drug-likeness (QED) is 0.0497. The Bertz CT molecular complexity index is 1300. The van der Waals surface area contributed by atoms with Crippen molar-refractivity contribution in [3.8, 4) is 0 Å². The zero-order valence-electron chi connectivity index (χ0n) is 34.0. The van der Waals surface area contributed by atoms with Crippen molar-refractivity contribution in [2.24, 2.45) is 17.8 Å². The Hall–Kier alpha value is -3.47. The predicted octanol–water partition coefficient (Wildman–Crippen LogP) is -0.440. The van der Waals surface area contributed by atoms with Crippen molar-refractivity contribution in [1.29, 1.82) is 0 Å². The molecular weight excluding hydrogens is 764 g/mol. The fourth-order valence-electron chi connectivity index (χ4n) is 6.07. The summed E-state index contributed by atoms with van der Waals surface area (Å²) in [6.45, 7) is 10.2. The zero-order chi connectivity index (χ0) is 41.5. The first-order valence-electron chi connectivity index (χ1n) is 20.3. The van der Waals surface area contributed by atoms with Gasteiger partial charge in [0.1, 0.15) is 25.2 Å². The lowest BCUT2D eigenvalue weighted by molar-refractivity contribution is -0.140. The van der Waals surface area contributed by atoms with Gasteiger partial charge in [-0.3, -0.25) is 24.1 Å². The number of ether oxygens (including phenoxy) is 9. The maximum Gasteiger partial charge on any atom is 0.246 e. The summed E-state index contributed by atoms with van der Waals surface area (Å²) in [5.41, 5.74) is 0.671. The van der Waals surface area contributed by atoms with Gasteiger partial charge in [-0.2, -0.15) is 0 Å². The minimum Gasteiger partial charge on any atom is -0.377 e. The van der Waals surface area contributed by atoms with Gasteiger partial charge in [-0.1, -0.05) is 12.1 Å². The number of nitrogens with zero attached hydrogens (tertiary/aromatic N) is 4. The van der Waals surface area contributed by atoms with Gasteiger partial charge < -0.3 is 58.1 Å². The van der Waals surface area contributed by atoms with Gasteiger partial charge in [-0.25, -0.2) is 4.68 Å². The number of nitrogens with one attached hydrogen (secondary N) is 2. The average molecular weight is 829 g/mol. The molecule has 58 heavy (non-hydrogen) atoms. The van der Waals surface area contributed by atoms with Gasteiger partial charge in [0, 0.05) is 31.3 Å². The molecule has 1 aromatic rings. The van der Waals surface area contributed by atoms with Crippen LogP contribution in [0.25, 0.3) is 0 Å². The Labute approximate surface area is 340 Å². The summed E-state index contributed by atoms with van der Waals surface area (Å²) in [6.07, 6.45) is 5.81. The van der Waals surface area contributed by atoms with Crippen LogP contribution in [-0.2, 0) is 79.7 Å². The molecule has 0 radical (unpaired) electrons. The molecule has 3 rings (SSSR count). The molecule has 0 aromatic carbocycles. The Morgan fingerprint density at radius 1 is 0.724 bits per heavy atom. The molecular formula is C38H64N6O14. The van der Waals surface area contributed by atoms with Crippen molar-refractivity contribution in [2.75, 3.05) is 132 Å². The molecule has 1 aromatic heterocycles. The van der Waals surface area contributed by atoms with E-state index in [0.29, 0.717) is 150 Å². The number of hydrogen-bond acceptors (Lipinski definition) is 16. The maximum atomic E-state index is 12.7. The number of carbonyl (C=O) groups excluding carboxylic acids is 5. The van der Waals surface area contributed by atoms with Crippen LogP contribution in [0.3, 0.4) is 0 Å². The lowest BCUT2D eigenvalue weighted by atomic mass is 9.81. The van der Waals surface area contributed by atoms with Crippen molar-refractivity contribution in [3.05, 3.63) is 11.9 Å². The second kappa shape index (κ2) is 31.5. The fourth-order valence-corrected chi connectivity index (χ4v) is 6.07. The van der Waals surface area contributed by atoms with Gasteiger partial charge in [0.05, 0.1) is 125 Å². The molecule has 0 bridgehead atoms. The topological polar surface area (TPSA) is 226 Å². The molecule has 2 heterocycles. The van der Waals surface area contributed by atoms with Crippen molar-refractivity contribution >= 4 is 29.9 Å². The van der Waals surface area contributed by atoms with Gasteiger partial charge in [-0.05, 0) is 31.6 Å². The van der Waals surface area contributed by atoms with E-state index in [1.54, 1.807) is 17.8 Å². The number of hydrogen-bond donors (Lipinski definition) is 2. The lowest BCUT2D eigenvalue weighted by Gasteiger charge is -2.30. The highest BCUT2D eigenvalue weighted by Crippen LogP contribution is 2.31. The molecule has 1 atom stereocenters. The van der Waals surface area contributed by atoms with Gasteiger partial charge in [-0.15, -0.1) is 5.10 Å². The van der Waals surface area contributed by atoms with E-state index < -0.39 is 0 Å². The van der Waals surface area contributed by atoms with E-state index in [0.717, 1.165) is 25.7 Å². The average Bonchev–Trinajstić information content (AvgIpc) is 3.78. The third-order valence-corrected chi connectivity index (χ3v) is 9.21. The fraction of sp³-hybridized carbons (Fsp3) is 0.816. The molecule has 1 saturated heterocycles. The molecule has 2 aliphatic rings. The molecule has 0 spiro atoms. The number of rotatable bonds is 36. The number of aldehydes is 1. The highest BCUT2D eigenvalue weighted by Gasteiger charge is 2.37. The number of carbonyl (C=O) groups is 5. The number of likely N-dealkylation sites (tertiary alicyclic amines) is 1. The van der Waals surface area contributed by atoms with E-state index in [9.17, 15) is 24.0 Å². The third kappa shape index (κ3) is 22.1. The highest BCUT2D eigenvalue weighted by atomic mass is 16.6. The third-order valence-electron chi connectivity index (χ3n) is 9.21. The van der Waals surface area contributed by atoms with Crippen LogP contribution in [0.1, 0.15) is 44.7 Å². The standard InChI is InChI=1S/C38H64N6O14/c1-31-26-36(47)44(38(31)49)28-32-2-4-33(5-3-32)37(48)40-27-34-29-43(42-41-34)7-10-51-13-15-53-17-19-55-21-23-57-25-24-56-22-20-54-18-16-52-14-12-50-9-6-39-35(46)30-58-11-8-45/h8,29,31-33H,2-7,9-28,30H2,1H3,(H,39,46)(H,40,48). The lowest BCUT2D eigenvalue weighted by Crippen LogP contribution is -2.38. The van der Waals surface area contributed by atoms with Crippen LogP contribution in [0.5, 0.6) is 0 Å². The second-order valence-corrected chi connectivity index (χ2v) is 13.8. The molecule has 4 amide bonds. The first kappa shape index (κ1) is 48.9. The van der Waals surface area contributed by atoms with Crippen LogP contribution >= 0.6 is 0 Å².